The molecule has 2 N–H and O–H groups in total. The van der Waals surface area contributed by atoms with Gasteiger partial charge in [-0.2, -0.15) is 0 Å². The van der Waals surface area contributed by atoms with Crippen LogP contribution in [0.4, 0.5) is 19.0 Å². The smallest absolute Gasteiger partial charge is 0.178 e. The minimum absolute atomic E-state index is 0.0723. The van der Waals surface area contributed by atoms with E-state index in [1.165, 1.54) is 0 Å². The Bertz CT molecular complexity index is 570. The zero-order chi connectivity index (χ0) is 13.4. The molecule has 1 heterocycles. The van der Waals surface area contributed by atoms with Crippen molar-refractivity contribution in [2.45, 2.75) is 19.8 Å². The molecule has 0 saturated carbocycles. The lowest BCUT2D eigenvalue weighted by molar-refractivity contribution is 0.427. The summed E-state index contributed by atoms with van der Waals surface area (Å²) in [6.45, 7) is 3.57. The summed E-state index contributed by atoms with van der Waals surface area (Å²) in [4.78, 5) is 0. The summed E-state index contributed by atoms with van der Waals surface area (Å²) in [6.07, 6.45) is 0. The van der Waals surface area contributed by atoms with Crippen molar-refractivity contribution in [1.82, 2.24) is 5.16 Å². The van der Waals surface area contributed by atoms with Crippen LogP contribution in [0.5, 0.6) is 0 Å². The fraction of sp³-hybridized carbons (Fsp3) is 0.250. The number of anilines is 1. The lowest BCUT2D eigenvalue weighted by Crippen LogP contribution is -1.98. The summed E-state index contributed by atoms with van der Waals surface area (Å²) in [7, 11) is 0. The maximum atomic E-state index is 13.6. The molecule has 6 heteroatoms. The largest absolute Gasteiger partial charge is 0.381 e. The lowest BCUT2D eigenvalue weighted by Gasteiger charge is -2.07. The second-order valence-corrected chi connectivity index (χ2v) is 4.21. The molecule has 3 nitrogen and oxygen atoms in total. The van der Waals surface area contributed by atoms with Gasteiger partial charge in [0.25, 0.3) is 0 Å². The minimum Gasteiger partial charge on any atom is -0.381 e. The van der Waals surface area contributed by atoms with Crippen LogP contribution < -0.4 is 5.73 Å². The fourth-order valence-electron chi connectivity index (χ4n) is 1.81. The zero-order valence-electron chi connectivity index (χ0n) is 9.80. The van der Waals surface area contributed by atoms with Crippen LogP contribution in [0.25, 0.3) is 11.3 Å². The summed E-state index contributed by atoms with van der Waals surface area (Å²) in [5, 5.41) is 3.49. The molecular formula is C12H11F3N2O. The molecule has 0 saturated heterocycles. The van der Waals surface area contributed by atoms with Gasteiger partial charge in [0, 0.05) is 17.7 Å². The third-order valence-electron chi connectivity index (χ3n) is 2.57. The Morgan fingerprint density at radius 1 is 1.17 bits per heavy atom. The first kappa shape index (κ1) is 12.5. The molecular weight excluding hydrogens is 245 g/mol. The zero-order valence-corrected chi connectivity index (χ0v) is 9.80. The number of aromatic nitrogens is 1. The van der Waals surface area contributed by atoms with Gasteiger partial charge in [0.1, 0.15) is 17.5 Å². The van der Waals surface area contributed by atoms with Crippen molar-refractivity contribution < 1.29 is 17.7 Å². The number of benzene rings is 1. The maximum absolute atomic E-state index is 13.6. The van der Waals surface area contributed by atoms with Crippen molar-refractivity contribution in [3.05, 3.63) is 35.1 Å². The van der Waals surface area contributed by atoms with E-state index in [2.05, 4.69) is 5.16 Å². The third-order valence-corrected chi connectivity index (χ3v) is 2.57. The van der Waals surface area contributed by atoms with Crippen molar-refractivity contribution >= 4 is 5.82 Å². The Hall–Kier alpha value is -1.98. The van der Waals surface area contributed by atoms with E-state index < -0.39 is 23.0 Å². The Morgan fingerprint density at radius 2 is 1.72 bits per heavy atom. The average Bonchev–Trinajstić information content (AvgIpc) is 2.58. The normalized spacial score (nSPS) is 11.2. The molecule has 0 unspecified atom stereocenters. The van der Waals surface area contributed by atoms with Gasteiger partial charge in [-0.25, -0.2) is 13.2 Å². The highest BCUT2D eigenvalue weighted by Gasteiger charge is 2.24. The molecule has 96 valence electrons. The van der Waals surface area contributed by atoms with E-state index in [4.69, 9.17) is 10.3 Å². The van der Waals surface area contributed by atoms with Gasteiger partial charge in [0.05, 0.1) is 5.56 Å². The van der Waals surface area contributed by atoms with Crippen LogP contribution in [0.2, 0.25) is 0 Å². The number of rotatable bonds is 2. The van der Waals surface area contributed by atoms with E-state index in [9.17, 15) is 13.2 Å². The Morgan fingerprint density at radius 3 is 2.22 bits per heavy atom. The molecule has 0 amide bonds. The first-order chi connectivity index (χ1) is 8.41. The predicted molar refractivity (Wildman–Crippen MR) is 60.3 cm³/mol. The fourth-order valence-corrected chi connectivity index (χ4v) is 1.81. The number of nitrogens with two attached hydrogens (primary N) is 1. The van der Waals surface area contributed by atoms with E-state index in [1.807, 2.05) is 0 Å². The Labute approximate surface area is 101 Å². The van der Waals surface area contributed by atoms with Gasteiger partial charge in [-0.3, -0.25) is 0 Å². The molecule has 0 aliphatic heterocycles. The van der Waals surface area contributed by atoms with Gasteiger partial charge in [0.2, 0.25) is 0 Å². The van der Waals surface area contributed by atoms with Crippen LogP contribution in [0.1, 0.15) is 25.3 Å². The molecule has 0 fully saturated rings. The van der Waals surface area contributed by atoms with Crippen LogP contribution in [0, 0.1) is 17.5 Å². The second kappa shape index (κ2) is 4.36. The SMILES string of the molecule is CC(C)c1c(N)noc1-c1c(F)cc(F)cc1F. The second-order valence-electron chi connectivity index (χ2n) is 4.21. The third kappa shape index (κ3) is 1.94. The molecule has 0 radical (unpaired) electrons. The van der Waals surface area contributed by atoms with Gasteiger partial charge in [-0.15, -0.1) is 0 Å². The standard InChI is InChI=1S/C12H11F3N2O/c1-5(2)9-11(18-17-12(9)16)10-7(14)3-6(13)4-8(10)15/h3-5H,1-2H3,(H2,16,17). The topological polar surface area (TPSA) is 52.0 Å². The monoisotopic (exact) mass is 256 g/mol. The number of nitrogen functional groups attached to an aromatic ring is 1. The van der Waals surface area contributed by atoms with Crippen LogP contribution in [0.15, 0.2) is 16.7 Å². The van der Waals surface area contributed by atoms with E-state index in [1.54, 1.807) is 13.8 Å². The molecule has 0 bridgehead atoms. The molecule has 0 aliphatic rings. The summed E-state index contributed by atoms with van der Waals surface area (Å²) in [5.74, 6) is -3.25. The predicted octanol–water partition coefficient (Wildman–Crippen LogP) is 3.46. The van der Waals surface area contributed by atoms with Crippen LogP contribution in [0.3, 0.4) is 0 Å². The van der Waals surface area contributed by atoms with Gasteiger partial charge in [-0.1, -0.05) is 19.0 Å². The quantitative estimate of drug-likeness (QED) is 0.895. The van der Waals surface area contributed by atoms with Crippen molar-refractivity contribution in [3.63, 3.8) is 0 Å². The Balaban J connectivity index is 2.70. The van der Waals surface area contributed by atoms with Crippen molar-refractivity contribution in [3.8, 4) is 11.3 Å². The number of halogens is 3. The highest BCUT2D eigenvalue weighted by Crippen LogP contribution is 2.36. The van der Waals surface area contributed by atoms with Crippen molar-refractivity contribution in [2.75, 3.05) is 5.73 Å². The first-order valence-electron chi connectivity index (χ1n) is 5.31. The number of hydrogen-bond acceptors (Lipinski definition) is 3. The maximum Gasteiger partial charge on any atom is 0.178 e. The van der Waals surface area contributed by atoms with E-state index in [0.29, 0.717) is 17.7 Å². The number of nitrogens with zero attached hydrogens (tertiary/aromatic N) is 1. The molecule has 0 spiro atoms. The number of hydrogen-bond donors (Lipinski definition) is 1. The lowest BCUT2D eigenvalue weighted by atomic mass is 9.98. The Kier molecular flexibility index (Phi) is 3.02. The van der Waals surface area contributed by atoms with E-state index in [0.717, 1.165) is 0 Å². The van der Waals surface area contributed by atoms with Crippen molar-refractivity contribution in [2.24, 2.45) is 0 Å². The molecule has 0 aliphatic carbocycles. The van der Waals surface area contributed by atoms with Gasteiger partial charge >= 0.3 is 0 Å². The summed E-state index contributed by atoms with van der Waals surface area (Å²) >= 11 is 0. The minimum atomic E-state index is -1.05. The molecule has 18 heavy (non-hydrogen) atoms. The van der Waals surface area contributed by atoms with Gasteiger partial charge in [0.15, 0.2) is 11.6 Å². The molecule has 1 aromatic heterocycles. The average molecular weight is 256 g/mol. The van der Waals surface area contributed by atoms with E-state index in [-0.39, 0.29) is 17.5 Å². The molecule has 1 aromatic carbocycles. The summed E-state index contributed by atoms with van der Waals surface area (Å²) < 4.78 is 45.0. The van der Waals surface area contributed by atoms with Gasteiger partial charge in [-0.05, 0) is 5.92 Å². The van der Waals surface area contributed by atoms with Crippen LogP contribution in [-0.2, 0) is 0 Å². The summed E-state index contributed by atoms with van der Waals surface area (Å²) in [5.41, 5.74) is 5.53. The summed E-state index contributed by atoms with van der Waals surface area (Å²) in [6, 6.07) is 1.17. The molecule has 0 atom stereocenters. The first-order valence-corrected chi connectivity index (χ1v) is 5.31. The molecule has 2 rings (SSSR count). The van der Waals surface area contributed by atoms with E-state index >= 15 is 0 Å². The van der Waals surface area contributed by atoms with Crippen LogP contribution in [-0.4, -0.2) is 5.16 Å². The van der Waals surface area contributed by atoms with Crippen LogP contribution >= 0.6 is 0 Å². The molecule has 2 aromatic rings. The highest BCUT2D eigenvalue weighted by molar-refractivity contribution is 5.68. The van der Waals surface area contributed by atoms with Gasteiger partial charge < -0.3 is 10.3 Å². The van der Waals surface area contributed by atoms with Crippen molar-refractivity contribution in [1.29, 1.82) is 0 Å². The highest BCUT2D eigenvalue weighted by atomic mass is 19.1.